The molecule has 2 aromatic heterocycles. The monoisotopic (exact) mass is 556 g/mol. The Balaban J connectivity index is 1.29. The molecule has 1 aliphatic heterocycles. The highest BCUT2D eigenvalue weighted by Gasteiger charge is 2.34. The number of fused-ring (bicyclic) bond motifs is 2. The van der Waals surface area contributed by atoms with Gasteiger partial charge >= 0.3 is 0 Å². The number of nitrogens with zero attached hydrogens (tertiary/aromatic N) is 2. The van der Waals surface area contributed by atoms with Crippen LogP contribution in [0.15, 0.2) is 95.7 Å². The number of furan rings is 1. The third-order valence-corrected chi connectivity index (χ3v) is 7.83. The molecule has 3 heterocycles. The second-order valence-electron chi connectivity index (χ2n) is 10.3. The Morgan fingerprint density at radius 3 is 2.73 bits per heavy atom. The van der Waals surface area contributed by atoms with E-state index in [9.17, 15) is 19.5 Å². The van der Waals surface area contributed by atoms with Crippen LogP contribution in [0.2, 0.25) is 5.02 Å². The number of hydrogen-bond donors (Lipinski definition) is 1. The van der Waals surface area contributed by atoms with Gasteiger partial charge in [0, 0.05) is 28.6 Å². The van der Waals surface area contributed by atoms with Crippen molar-refractivity contribution in [3.8, 4) is 0 Å². The number of aliphatic hydroxyl groups is 1. The van der Waals surface area contributed by atoms with Gasteiger partial charge in [-0.3, -0.25) is 4.79 Å². The summed E-state index contributed by atoms with van der Waals surface area (Å²) in [4.78, 5) is 15.7. The number of hydrogen-bond acceptors (Lipinski definition) is 4. The lowest BCUT2D eigenvalue weighted by molar-refractivity contribution is -0.607. The Bertz CT molecular complexity index is 1730. The van der Waals surface area contributed by atoms with Crippen LogP contribution >= 0.6 is 11.6 Å². The van der Waals surface area contributed by atoms with E-state index < -0.39 is 11.4 Å². The lowest BCUT2D eigenvalue weighted by Crippen LogP contribution is -2.41. The van der Waals surface area contributed by atoms with E-state index in [0.29, 0.717) is 33.7 Å². The second-order valence-corrected chi connectivity index (χ2v) is 10.7. The van der Waals surface area contributed by atoms with Gasteiger partial charge in [0.1, 0.15) is 16.9 Å². The van der Waals surface area contributed by atoms with Crippen LogP contribution in [0.3, 0.4) is 0 Å². The van der Waals surface area contributed by atoms with Crippen molar-refractivity contribution in [3.05, 3.63) is 141 Å². The van der Waals surface area contributed by atoms with Crippen molar-refractivity contribution < 1.29 is 23.4 Å². The van der Waals surface area contributed by atoms with E-state index >= 15 is 0 Å². The quantitative estimate of drug-likeness (QED) is 0.218. The number of carbonyl (C=O) groups excluding carboxylic acids is 1. The van der Waals surface area contributed by atoms with Gasteiger partial charge in [-0.15, -0.1) is 0 Å². The van der Waals surface area contributed by atoms with Crippen molar-refractivity contribution in [2.24, 2.45) is 0 Å². The van der Waals surface area contributed by atoms with E-state index in [0.717, 1.165) is 34.6 Å². The maximum Gasteiger partial charge on any atom is 0.227 e. The van der Waals surface area contributed by atoms with Crippen LogP contribution in [0.4, 0.5) is 4.39 Å². The molecule has 0 bridgehead atoms. The zero-order chi connectivity index (χ0) is 28.0. The minimum absolute atomic E-state index is 0.0122. The molecule has 3 aromatic carbocycles. The fraction of sp³-hybridized carbons (Fsp3) is 0.188. The van der Waals surface area contributed by atoms with Crippen LogP contribution in [0.5, 0.6) is 0 Å². The molecule has 0 aliphatic carbocycles. The number of pyridine rings is 1. The number of rotatable bonds is 5. The minimum Gasteiger partial charge on any atom is -0.619 e. The van der Waals surface area contributed by atoms with Crippen LogP contribution in [0.25, 0.3) is 11.0 Å². The number of amides is 1. The predicted octanol–water partition coefficient (Wildman–Crippen LogP) is 5.83. The molecule has 1 aliphatic rings. The fourth-order valence-corrected chi connectivity index (χ4v) is 5.75. The molecule has 40 heavy (non-hydrogen) atoms. The van der Waals surface area contributed by atoms with Crippen molar-refractivity contribution in [1.29, 1.82) is 0 Å². The number of aromatic nitrogens is 1. The van der Waals surface area contributed by atoms with Gasteiger partial charge < -0.3 is 19.6 Å². The number of carbonyl (C=O) groups is 1. The molecule has 0 fully saturated rings. The topological polar surface area (TPSA) is 80.6 Å². The van der Waals surface area contributed by atoms with Crippen molar-refractivity contribution in [2.75, 3.05) is 6.54 Å². The molecule has 0 saturated heterocycles. The molecule has 6 nitrogen and oxygen atoms in total. The predicted molar refractivity (Wildman–Crippen MR) is 149 cm³/mol. The summed E-state index contributed by atoms with van der Waals surface area (Å²) >= 11 is 6.27. The first-order chi connectivity index (χ1) is 19.2. The third kappa shape index (κ3) is 4.72. The van der Waals surface area contributed by atoms with Crippen LogP contribution in [-0.2, 0) is 23.2 Å². The third-order valence-electron chi connectivity index (χ3n) is 7.60. The van der Waals surface area contributed by atoms with Gasteiger partial charge in [-0.2, -0.15) is 9.12 Å². The van der Waals surface area contributed by atoms with Crippen molar-refractivity contribution >= 4 is 28.5 Å². The lowest BCUT2D eigenvalue weighted by Gasteiger charge is -2.38. The molecule has 6 rings (SSSR count). The molecule has 1 N–H and O–H groups in total. The molecule has 8 heteroatoms. The first-order valence-corrected chi connectivity index (χ1v) is 13.4. The van der Waals surface area contributed by atoms with Crippen LogP contribution in [0.1, 0.15) is 46.5 Å². The molecular weight excluding hydrogens is 531 g/mol. The highest BCUT2D eigenvalue weighted by molar-refractivity contribution is 6.30. The van der Waals surface area contributed by atoms with E-state index in [-0.39, 0.29) is 29.7 Å². The summed E-state index contributed by atoms with van der Waals surface area (Å²) in [6.07, 6.45) is 2.77. The van der Waals surface area contributed by atoms with Crippen molar-refractivity contribution in [2.45, 2.75) is 31.4 Å². The molecular formula is C32H26ClFN2O4. The van der Waals surface area contributed by atoms with Gasteiger partial charge in [-0.25, -0.2) is 0 Å². The van der Waals surface area contributed by atoms with Crippen LogP contribution < -0.4 is 4.73 Å². The maximum absolute atomic E-state index is 14.5. The summed E-state index contributed by atoms with van der Waals surface area (Å²) in [5, 5.41) is 23.9. The Labute approximate surface area is 235 Å². The van der Waals surface area contributed by atoms with Gasteiger partial charge in [0.2, 0.25) is 12.1 Å². The smallest absolute Gasteiger partial charge is 0.227 e. The first kappa shape index (κ1) is 26.0. The summed E-state index contributed by atoms with van der Waals surface area (Å²) in [6, 6.07) is 23.9. The summed E-state index contributed by atoms with van der Waals surface area (Å²) in [5.74, 6) is -0.724. The highest BCUT2D eigenvalue weighted by atomic mass is 35.5. The van der Waals surface area contributed by atoms with Gasteiger partial charge in [-0.1, -0.05) is 54.1 Å². The van der Waals surface area contributed by atoms with E-state index in [2.05, 4.69) is 0 Å². The SMILES string of the molecule is CC(O)(c1cc2cc(CC(=O)N3CCc4cc(Cl)ccc4C3c3ccccc3)ccc2o1)c1cc[n+]([O-])cc1F. The summed E-state index contributed by atoms with van der Waals surface area (Å²) in [7, 11) is 0. The molecule has 0 saturated carbocycles. The van der Waals surface area contributed by atoms with Gasteiger partial charge in [0.05, 0.1) is 12.5 Å². The first-order valence-electron chi connectivity index (χ1n) is 13.0. The van der Waals surface area contributed by atoms with Crippen molar-refractivity contribution in [3.63, 3.8) is 0 Å². The summed E-state index contributed by atoms with van der Waals surface area (Å²) in [6.45, 7) is 1.98. The Morgan fingerprint density at radius 2 is 1.95 bits per heavy atom. The molecule has 202 valence electrons. The molecule has 1 amide bonds. The van der Waals surface area contributed by atoms with E-state index in [1.54, 1.807) is 12.1 Å². The fourth-order valence-electron chi connectivity index (χ4n) is 5.56. The normalized spacial score (nSPS) is 16.5. The lowest BCUT2D eigenvalue weighted by atomic mass is 9.87. The Morgan fingerprint density at radius 1 is 1.15 bits per heavy atom. The summed E-state index contributed by atoms with van der Waals surface area (Å²) in [5.41, 5.74) is 2.65. The maximum atomic E-state index is 14.5. The number of halogens is 2. The second kappa shape index (κ2) is 10.1. The Kier molecular flexibility index (Phi) is 6.56. The van der Waals surface area contributed by atoms with Gasteiger partial charge in [0.25, 0.3) is 0 Å². The Hall–Kier alpha value is -4.20. The zero-order valence-corrected chi connectivity index (χ0v) is 22.4. The zero-order valence-electron chi connectivity index (χ0n) is 21.7. The molecule has 2 unspecified atom stereocenters. The van der Waals surface area contributed by atoms with Crippen LogP contribution in [0, 0.1) is 11.0 Å². The average molecular weight is 557 g/mol. The average Bonchev–Trinajstić information content (AvgIpc) is 3.37. The highest BCUT2D eigenvalue weighted by Crippen LogP contribution is 2.38. The van der Waals surface area contributed by atoms with Crippen molar-refractivity contribution in [1.82, 2.24) is 4.90 Å². The largest absolute Gasteiger partial charge is 0.619 e. The molecule has 5 aromatic rings. The van der Waals surface area contributed by atoms with Gasteiger partial charge in [0.15, 0.2) is 12.0 Å². The standard InChI is InChI=1S/C32H26ClFN2O4/c1-32(38,26-12-13-35(39)19-27(26)34)29-18-23-15-20(7-10-28(23)40-29)16-30(37)36-14-11-22-17-24(33)8-9-25(22)31(36)21-5-3-2-4-6-21/h2-10,12-13,15,17-19,31,38H,11,14,16H2,1H3. The van der Waals surface area contributed by atoms with E-state index in [4.69, 9.17) is 16.0 Å². The number of benzene rings is 3. The van der Waals surface area contributed by atoms with E-state index in [1.165, 1.54) is 13.0 Å². The summed E-state index contributed by atoms with van der Waals surface area (Å²) < 4.78 is 20.7. The van der Waals surface area contributed by atoms with Crippen LogP contribution in [-0.4, -0.2) is 22.5 Å². The molecule has 0 radical (unpaired) electrons. The van der Waals surface area contributed by atoms with E-state index in [1.807, 2.05) is 65.6 Å². The minimum atomic E-state index is -1.81. The molecule has 2 atom stereocenters. The molecule has 0 spiro atoms. The van der Waals surface area contributed by atoms with Gasteiger partial charge in [-0.05, 0) is 65.9 Å².